The van der Waals surface area contributed by atoms with Crippen molar-refractivity contribution in [1.82, 2.24) is 0 Å². The quantitative estimate of drug-likeness (QED) is 0.439. The monoisotopic (exact) mass is 310 g/mol. The lowest BCUT2D eigenvalue weighted by atomic mass is 10.1. The topological polar surface area (TPSA) is 35.5 Å². The first-order chi connectivity index (χ1) is 10.8. The summed E-state index contributed by atoms with van der Waals surface area (Å²) in [4.78, 5) is 11.5. The molecule has 0 saturated heterocycles. The highest BCUT2D eigenvalue weighted by atomic mass is 16.7. The summed E-state index contributed by atoms with van der Waals surface area (Å²) in [5.74, 6) is 0.0567. The van der Waals surface area contributed by atoms with Crippen molar-refractivity contribution in [2.24, 2.45) is 0 Å². The molecule has 0 aliphatic carbocycles. The fourth-order valence-corrected chi connectivity index (χ4v) is 2.74. The molecule has 1 rings (SSSR count). The number of unbranched alkanes of at least 4 members (excludes halogenated alkanes) is 9. The smallest absolute Gasteiger partial charge is 0.184 e. The number of carbonyl (C=O) groups excluding carboxylic acids is 1. The zero-order chi connectivity index (χ0) is 16.0. The third-order valence-corrected chi connectivity index (χ3v) is 4.18. The molecule has 0 amide bonds. The van der Waals surface area contributed by atoms with Gasteiger partial charge in [0.25, 0.3) is 0 Å². The standard InChI is InChI=1S/C19H34O3/c1-3-5-6-7-8-9-10-11-12-13-16-21-19-15-14-17(20)18(4-2)22-19/h14-15,18-19H,3-13,16H2,1-2H3. The van der Waals surface area contributed by atoms with Gasteiger partial charge in [-0.3, -0.25) is 4.79 Å². The molecule has 0 aromatic carbocycles. The maximum absolute atomic E-state index is 11.5. The molecule has 0 aromatic rings. The van der Waals surface area contributed by atoms with Gasteiger partial charge in [0, 0.05) is 0 Å². The third-order valence-electron chi connectivity index (χ3n) is 4.18. The van der Waals surface area contributed by atoms with Gasteiger partial charge in [-0.25, -0.2) is 0 Å². The van der Waals surface area contributed by atoms with Crippen LogP contribution in [-0.2, 0) is 14.3 Å². The van der Waals surface area contributed by atoms with E-state index in [0.29, 0.717) is 6.42 Å². The van der Waals surface area contributed by atoms with Gasteiger partial charge in [-0.15, -0.1) is 0 Å². The van der Waals surface area contributed by atoms with E-state index in [1.807, 2.05) is 6.92 Å². The van der Waals surface area contributed by atoms with Crippen molar-refractivity contribution in [1.29, 1.82) is 0 Å². The minimum atomic E-state index is -0.332. The molecule has 0 N–H and O–H groups in total. The predicted molar refractivity (Wildman–Crippen MR) is 90.9 cm³/mol. The molecule has 0 spiro atoms. The molecule has 0 bridgehead atoms. The summed E-state index contributed by atoms with van der Waals surface area (Å²) < 4.78 is 11.3. The minimum Gasteiger partial charge on any atom is -0.349 e. The lowest BCUT2D eigenvalue weighted by Crippen LogP contribution is -2.32. The van der Waals surface area contributed by atoms with Crippen LogP contribution in [0, 0.1) is 0 Å². The molecule has 3 heteroatoms. The molecule has 3 nitrogen and oxygen atoms in total. The summed E-state index contributed by atoms with van der Waals surface area (Å²) in [5.41, 5.74) is 0. The number of hydrogen-bond donors (Lipinski definition) is 0. The van der Waals surface area contributed by atoms with Crippen LogP contribution in [0.15, 0.2) is 12.2 Å². The lowest BCUT2D eigenvalue weighted by molar-refractivity contribution is -0.163. The summed E-state index contributed by atoms with van der Waals surface area (Å²) in [6.45, 7) is 4.94. The van der Waals surface area contributed by atoms with Crippen LogP contribution in [0.25, 0.3) is 0 Å². The van der Waals surface area contributed by atoms with E-state index in [-0.39, 0.29) is 18.2 Å². The number of hydrogen-bond acceptors (Lipinski definition) is 3. The lowest BCUT2D eigenvalue weighted by Gasteiger charge is -2.24. The van der Waals surface area contributed by atoms with Crippen LogP contribution in [0.3, 0.4) is 0 Å². The first kappa shape index (κ1) is 19.4. The molecule has 1 aliphatic heterocycles. The largest absolute Gasteiger partial charge is 0.349 e. The third kappa shape index (κ3) is 8.70. The van der Waals surface area contributed by atoms with E-state index in [1.54, 1.807) is 12.2 Å². The van der Waals surface area contributed by atoms with Crippen molar-refractivity contribution in [3.8, 4) is 0 Å². The average molecular weight is 310 g/mol. The summed E-state index contributed by atoms with van der Waals surface area (Å²) in [6, 6.07) is 0. The maximum atomic E-state index is 11.5. The van der Waals surface area contributed by atoms with Gasteiger partial charge in [0.1, 0.15) is 6.10 Å². The van der Waals surface area contributed by atoms with Crippen molar-refractivity contribution >= 4 is 5.78 Å². The van der Waals surface area contributed by atoms with Crippen molar-refractivity contribution in [3.63, 3.8) is 0 Å². The summed E-state index contributed by atoms with van der Waals surface area (Å²) in [5, 5.41) is 0. The Morgan fingerprint density at radius 3 is 2.14 bits per heavy atom. The van der Waals surface area contributed by atoms with Gasteiger partial charge in [-0.2, -0.15) is 0 Å². The Morgan fingerprint density at radius 2 is 1.55 bits per heavy atom. The molecule has 1 aliphatic rings. The second-order valence-corrected chi connectivity index (χ2v) is 6.22. The number of ketones is 1. The fraction of sp³-hybridized carbons (Fsp3) is 0.842. The zero-order valence-electron chi connectivity index (χ0n) is 14.5. The van der Waals surface area contributed by atoms with Crippen LogP contribution < -0.4 is 0 Å². The molecule has 22 heavy (non-hydrogen) atoms. The van der Waals surface area contributed by atoms with Gasteiger partial charge < -0.3 is 9.47 Å². The molecule has 0 radical (unpaired) electrons. The van der Waals surface area contributed by atoms with E-state index >= 15 is 0 Å². The predicted octanol–water partition coefficient (Wildman–Crippen LogP) is 5.18. The van der Waals surface area contributed by atoms with Crippen molar-refractivity contribution in [2.75, 3.05) is 6.61 Å². The van der Waals surface area contributed by atoms with Crippen molar-refractivity contribution in [3.05, 3.63) is 12.2 Å². The summed E-state index contributed by atoms with van der Waals surface area (Å²) in [6.07, 6.45) is 16.6. The Morgan fingerprint density at radius 1 is 0.955 bits per heavy atom. The summed E-state index contributed by atoms with van der Waals surface area (Å²) >= 11 is 0. The van der Waals surface area contributed by atoms with Gasteiger partial charge in [0.05, 0.1) is 6.61 Å². The normalized spacial score (nSPS) is 21.5. The maximum Gasteiger partial charge on any atom is 0.184 e. The number of carbonyl (C=O) groups is 1. The Bertz CT molecular complexity index is 312. The van der Waals surface area contributed by atoms with E-state index in [1.165, 1.54) is 57.8 Å². The van der Waals surface area contributed by atoms with Gasteiger partial charge in [-0.05, 0) is 25.0 Å². The van der Waals surface area contributed by atoms with Gasteiger partial charge in [0.15, 0.2) is 12.1 Å². The molecule has 2 atom stereocenters. The van der Waals surface area contributed by atoms with E-state index in [9.17, 15) is 4.79 Å². The van der Waals surface area contributed by atoms with Crippen LogP contribution in [-0.4, -0.2) is 24.8 Å². The Hall–Kier alpha value is -0.670. The minimum absolute atomic E-state index is 0.0567. The van der Waals surface area contributed by atoms with Crippen LogP contribution in [0.5, 0.6) is 0 Å². The molecule has 0 aromatic heterocycles. The highest BCUT2D eigenvalue weighted by Gasteiger charge is 2.23. The van der Waals surface area contributed by atoms with Crippen molar-refractivity contribution in [2.45, 2.75) is 96.9 Å². The first-order valence-electron chi connectivity index (χ1n) is 9.27. The first-order valence-corrected chi connectivity index (χ1v) is 9.27. The molecular formula is C19H34O3. The second kappa shape index (κ2) is 12.8. The molecule has 2 unspecified atom stereocenters. The fourth-order valence-electron chi connectivity index (χ4n) is 2.74. The van der Waals surface area contributed by atoms with Crippen molar-refractivity contribution < 1.29 is 14.3 Å². The van der Waals surface area contributed by atoms with Gasteiger partial charge in [0.2, 0.25) is 0 Å². The Balaban J connectivity index is 1.89. The van der Waals surface area contributed by atoms with E-state index < -0.39 is 0 Å². The van der Waals surface area contributed by atoms with Crippen LogP contribution in [0.2, 0.25) is 0 Å². The Labute approximate surface area is 136 Å². The van der Waals surface area contributed by atoms with Gasteiger partial charge >= 0.3 is 0 Å². The second-order valence-electron chi connectivity index (χ2n) is 6.22. The molecular weight excluding hydrogens is 276 g/mol. The SMILES string of the molecule is CCCCCCCCCCCCOC1C=CC(=O)C(CC)O1. The molecule has 1 heterocycles. The molecule has 0 saturated carbocycles. The Kier molecular flexibility index (Phi) is 11.3. The highest BCUT2D eigenvalue weighted by Crippen LogP contribution is 2.14. The highest BCUT2D eigenvalue weighted by molar-refractivity contribution is 5.94. The number of rotatable bonds is 13. The van der Waals surface area contributed by atoms with Gasteiger partial charge in [-0.1, -0.05) is 71.6 Å². The van der Waals surface area contributed by atoms with Crippen LogP contribution >= 0.6 is 0 Å². The van der Waals surface area contributed by atoms with Crippen LogP contribution in [0.1, 0.15) is 84.5 Å². The number of ether oxygens (including phenoxy) is 2. The van der Waals surface area contributed by atoms with E-state index in [0.717, 1.165) is 13.0 Å². The average Bonchev–Trinajstić information content (AvgIpc) is 2.54. The summed E-state index contributed by atoms with van der Waals surface area (Å²) in [7, 11) is 0. The van der Waals surface area contributed by atoms with E-state index in [4.69, 9.17) is 9.47 Å². The molecule has 0 fully saturated rings. The van der Waals surface area contributed by atoms with Crippen LogP contribution in [0.4, 0.5) is 0 Å². The molecule has 128 valence electrons. The zero-order valence-corrected chi connectivity index (χ0v) is 14.5. The van der Waals surface area contributed by atoms with E-state index in [2.05, 4.69) is 6.92 Å².